The maximum atomic E-state index is 12.1. The molecule has 0 saturated heterocycles. The van der Waals surface area contributed by atoms with Crippen LogP contribution in [0.15, 0.2) is 24.3 Å². The number of anilines is 1. The molecular weight excluding hydrogens is 268 g/mol. The molecule has 0 atom stereocenters. The number of carbonyl (C=O) groups excluding carboxylic acids is 1. The Bertz CT molecular complexity index is 634. The molecule has 1 amide bonds. The first-order valence-electron chi connectivity index (χ1n) is 6.83. The zero-order valence-electron chi connectivity index (χ0n) is 12.2. The third kappa shape index (κ3) is 3.41. The molecule has 6 nitrogen and oxygen atoms in total. The Morgan fingerprint density at radius 3 is 2.76 bits per heavy atom. The summed E-state index contributed by atoms with van der Waals surface area (Å²) in [6, 6.07) is 7.39. The molecule has 2 aromatic rings. The number of H-pyrrole nitrogens is 1. The summed E-state index contributed by atoms with van der Waals surface area (Å²) in [4.78, 5) is 12.1. The van der Waals surface area contributed by atoms with Gasteiger partial charge in [0.25, 0.3) is 5.91 Å². The normalized spacial score (nSPS) is 10.9. The molecule has 0 saturated carbocycles. The van der Waals surface area contributed by atoms with Crippen molar-refractivity contribution in [3.8, 4) is 0 Å². The third-order valence-electron chi connectivity index (χ3n) is 3.25. The average Bonchev–Trinajstić information content (AvgIpc) is 2.87. The highest BCUT2D eigenvalue weighted by atomic mass is 16.3. The van der Waals surface area contributed by atoms with Gasteiger partial charge in [-0.05, 0) is 17.0 Å². The van der Waals surface area contributed by atoms with Crippen molar-refractivity contribution in [1.82, 2.24) is 15.5 Å². The van der Waals surface area contributed by atoms with Gasteiger partial charge in [-0.15, -0.1) is 0 Å². The van der Waals surface area contributed by atoms with Gasteiger partial charge in [-0.25, -0.2) is 0 Å². The van der Waals surface area contributed by atoms with Gasteiger partial charge in [-0.2, -0.15) is 5.10 Å². The van der Waals surface area contributed by atoms with Gasteiger partial charge in [0.05, 0.1) is 18.0 Å². The lowest BCUT2D eigenvalue weighted by Crippen LogP contribution is -2.24. The fourth-order valence-electron chi connectivity index (χ4n) is 2.08. The highest BCUT2D eigenvalue weighted by Crippen LogP contribution is 2.21. The summed E-state index contributed by atoms with van der Waals surface area (Å²) in [5, 5.41) is 18.6. The van der Waals surface area contributed by atoms with Crippen molar-refractivity contribution in [2.75, 3.05) is 5.73 Å². The molecule has 1 aromatic heterocycles. The van der Waals surface area contributed by atoms with Crippen LogP contribution in [0.4, 0.5) is 5.69 Å². The average molecular weight is 288 g/mol. The van der Waals surface area contributed by atoms with Crippen molar-refractivity contribution in [3.05, 3.63) is 46.8 Å². The molecule has 0 unspecified atom stereocenters. The van der Waals surface area contributed by atoms with Crippen molar-refractivity contribution in [2.45, 2.75) is 32.9 Å². The van der Waals surface area contributed by atoms with Crippen molar-refractivity contribution in [3.63, 3.8) is 0 Å². The smallest absolute Gasteiger partial charge is 0.274 e. The van der Waals surface area contributed by atoms with E-state index in [-0.39, 0.29) is 24.1 Å². The largest absolute Gasteiger partial charge is 0.395 e. The van der Waals surface area contributed by atoms with Crippen LogP contribution in [-0.2, 0) is 13.2 Å². The summed E-state index contributed by atoms with van der Waals surface area (Å²) in [5.41, 5.74) is 9.03. The maximum Gasteiger partial charge on any atom is 0.274 e. The number of hydrogen-bond acceptors (Lipinski definition) is 4. The molecule has 0 radical (unpaired) electrons. The number of benzene rings is 1. The van der Waals surface area contributed by atoms with Gasteiger partial charge in [-0.3, -0.25) is 9.89 Å². The van der Waals surface area contributed by atoms with E-state index in [1.807, 2.05) is 38.1 Å². The van der Waals surface area contributed by atoms with E-state index in [0.29, 0.717) is 12.2 Å². The lowest BCUT2D eigenvalue weighted by Gasteiger charge is -2.06. The number of carbonyl (C=O) groups is 1. The Kier molecular flexibility index (Phi) is 4.59. The first-order chi connectivity index (χ1) is 10.0. The second-order valence-electron chi connectivity index (χ2n) is 5.22. The van der Waals surface area contributed by atoms with E-state index in [9.17, 15) is 4.79 Å². The summed E-state index contributed by atoms with van der Waals surface area (Å²) in [6.45, 7) is 4.29. The monoisotopic (exact) mass is 288 g/mol. The minimum absolute atomic E-state index is 0.0220. The van der Waals surface area contributed by atoms with E-state index in [1.54, 1.807) is 0 Å². The molecule has 0 aliphatic heterocycles. The molecule has 0 spiro atoms. The van der Waals surface area contributed by atoms with E-state index in [4.69, 9.17) is 10.8 Å². The molecule has 0 bridgehead atoms. The van der Waals surface area contributed by atoms with Crippen molar-refractivity contribution in [2.24, 2.45) is 0 Å². The van der Waals surface area contributed by atoms with Crippen molar-refractivity contribution in [1.29, 1.82) is 0 Å². The Hall–Kier alpha value is -2.34. The Morgan fingerprint density at radius 2 is 2.14 bits per heavy atom. The Balaban J connectivity index is 2.05. The maximum absolute atomic E-state index is 12.1. The molecule has 0 aliphatic rings. The van der Waals surface area contributed by atoms with Crippen LogP contribution in [0, 0.1) is 0 Å². The molecule has 1 aromatic carbocycles. The van der Waals surface area contributed by atoms with Gasteiger partial charge in [-0.1, -0.05) is 38.1 Å². The number of nitrogens with zero attached hydrogens (tertiary/aromatic N) is 1. The fourth-order valence-corrected chi connectivity index (χ4v) is 2.08. The molecule has 5 N–H and O–H groups in total. The number of aromatic amines is 1. The van der Waals surface area contributed by atoms with Crippen LogP contribution in [0.1, 0.15) is 47.1 Å². The second kappa shape index (κ2) is 6.41. The number of nitrogen functional groups attached to an aromatic ring is 1. The van der Waals surface area contributed by atoms with Crippen LogP contribution in [0.3, 0.4) is 0 Å². The zero-order chi connectivity index (χ0) is 15.4. The topological polar surface area (TPSA) is 104 Å². The van der Waals surface area contributed by atoms with Gasteiger partial charge in [0.15, 0.2) is 5.69 Å². The lowest BCUT2D eigenvalue weighted by atomic mass is 10.1. The molecule has 112 valence electrons. The van der Waals surface area contributed by atoms with Crippen LogP contribution in [0.25, 0.3) is 0 Å². The van der Waals surface area contributed by atoms with Gasteiger partial charge in [0, 0.05) is 6.54 Å². The first kappa shape index (κ1) is 15.1. The summed E-state index contributed by atoms with van der Waals surface area (Å²) < 4.78 is 0. The highest BCUT2D eigenvalue weighted by Gasteiger charge is 2.18. The summed E-state index contributed by atoms with van der Waals surface area (Å²) in [5.74, 6) is -0.134. The number of hydrogen-bond donors (Lipinski definition) is 4. The van der Waals surface area contributed by atoms with Gasteiger partial charge in [0.1, 0.15) is 0 Å². The number of amides is 1. The van der Waals surface area contributed by atoms with Crippen molar-refractivity contribution >= 4 is 11.6 Å². The predicted octanol–water partition coefficient (Wildman–Crippen LogP) is 1.54. The standard InChI is InChI=1S/C15H20N4O2/c1-9(2)13-12(16)14(19-18-13)15(21)17-7-10-4-3-5-11(6-10)8-20/h3-6,9,20H,7-8,16H2,1-2H3,(H,17,21)(H,18,19). The highest BCUT2D eigenvalue weighted by molar-refractivity contribution is 5.97. The minimum Gasteiger partial charge on any atom is -0.395 e. The molecular formula is C15H20N4O2. The van der Waals surface area contributed by atoms with Crippen LogP contribution in [0.5, 0.6) is 0 Å². The van der Waals surface area contributed by atoms with Crippen LogP contribution < -0.4 is 11.1 Å². The fraction of sp³-hybridized carbons (Fsp3) is 0.333. The third-order valence-corrected chi connectivity index (χ3v) is 3.25. The van der Waals surface area contributed by atoms with Gasteiger partial charge >= 0.3 is 0 Å². The molecule has 0 aliphatic carbocycles. The Morgan fingerprint density at radius 1 is 1.43 bits per heavy atom. The van der Waals surface area contributed by atoms with E-state index < -0.39 is 0 Å². The number of aliphatic hydroxyl groups is 1. The Labute approximate surface area is 123 Å². The molecule has 2 rings (SSSR count). The van der Waals surface area contributed by atoms with Gasteiger partial charge < -0.3 is 16.2 Å². The molecule has 1 heterocycles. The second-order valence-corrected chi connectivity index (χ2v) is 5.22. The number of nitrogens with two attached hydrogens (primary N) is 1. The predicted molar refractivity (Wildman–Crippen MR) is 80.6 cm³/mol. The zero-order valence-corrected chi connectivity index (χ0v) is 12.2. The van der Waals surface area contributed by atoms with E-state index in [0.717, 1.165) is 16.8 Å². The first-order valence-corrected chi connectivity index (χ1v) is 6.83. The van der Waals surface area contributed by atoms with Crippen LogP contribution >= 0.6 is 0 Å². The van der Waals surface area contributed by atoms with Gasteiger partial charge in [0.2, 0.25) is 0 Å². The minimum atomic E-state index is -0.315. The van der Waals surface area contributed by atoms with Crippen LogP contribution in [-0.4, -0.2) is 21.2 Å². The number of aliphatic hydroxyl groups excluding tert-OH is 1. The van der Waals surface area contributed by atoms with E-state index in [1.165, 1.54) is 0 Å². The molecule has 0 fully saturated rings. The van der Waals surface area contributed by atoms with E-state index in [2.05, 4.69) is 15.5 Å². The number of rotatable bonds is 5. The summed E-state index contributed by atoms with van der Waals surface area (Å²) >= 11 is 0. The number of nitrogens with one attached hydrogen (secondary N) is 2. The number of aromatic nitrogens is 2. The molecule has 21 heavy (non-hydrogen) atoms. The SMILES string of the molecule is CC(C)c1[nH]nc(C(=O)NCc2cccc(CO)c2)c1N. The van der Waals surface area contributed by atoms with Crippen LogP contribution in [0.2, 0.25) is 0 Å². The lowest BCUT2D eigenvalue weighted by molar-refractivity contribution is 0.0947. The quantitative estimate of drug-likeness (QED) is 0.670. The van der Waals surface area contributed by atoms with E-state index >= 15 is 0 Å². The summed E-state index contributed by atoms with van der Waals surface area (Å²) in [6.07, 6.45) is 0. The van der Waals surface area contributed by atoms with Crippen molar-refractivity contribution < 1.29 is 9.90 Å². The molecule has 6 heteroatoms. The summed E-state index contributed by atoms with van der Waals surface area (Å²) in [7, 11) is 0.